The Kier molecular flexibility index (Phi) is 1.72. The van der Waals surface area contributed by atoms with Crippen molar-refractivity contribution in [3.63, 3.8) is 0 Å². The SMILES string of the molecule is Cc1[nH]nc2c1C(O)(CN)C(C)C2. The lowest BCUT2D eigenvalue weighted by Gasteiger charge is -2.26. The second-order valence-corrected chi connectivity index (χ2v) is 3.90. The third-order valence-electron chi connectivity index (χ3n) is 3.08. The van der Waals surface area contributed by atoms with Gasteiger partial charge in [-0.1, -0.05) is 6.92 Å². The van der Waals surface area contributed by atoms with Crippen LogP contribution >= 0.6 is 0 Å². The average Bonchev–Trinajstić information content (AvgIpc) is 2.56. The minimum absolute atomic E-state index is 0.170. The molecule has 0 radical (unpaired) electrons. The number of hydrogen-bond acceptors (Lipinski definition) is 3. The molecule has 0 saturated heterocycles. The smallest absolute Gasteiger partial charge is 0.108 e. The van der Waals surface area contributed by atoms with E-state index >= 15 is 0 Å². The van der Waals surface area contributed by atoms with Gasteiger partial charge in [-0.3, -0.25) is 5.10 Å². The highest BCUT2D eigenvalue weighted by molar-refractivity contribution is 5.37. The van der Waals surface area contributed by atoms with Gasteiger partial charge in [0.1, 0.15) is 5.60 Å². The standard InChI is InChI=1S/C9H15N3O/c1-5-3-7-8(6(2)11-12-7)9(5,13)4-10/h5,13H,3-4,10H2,1-2H3,(H,11,12). The molecule has 0 aromatic carbocycles. The van der Waals surface area contributed by atoms with Crippen molar-refractivity contribution in [3.05, 3.63) is 17.0 Å². The van der Waals surface area contributed by atoms with Crippen molar-refractivity contribution in [3.8, 4) is 0 Å². The lowest BCUT2D eigenvalue weighted by atomic mass is 9.88. The van der Waals surface area contributed by atoms with Crippen LogP contribution in [0.3, 0.4) is 0 Å². The van der Waals surface area contributed by atoms with Crippen LogP contribution in [-0.2, 0) is 12.0 Å². The number of nitrogens with zero attached hydrogens (tertiary/aromatic N) is 1. The molecule has 4 N–H and O–H groups in total. The number of nitrogens with two attached hydrogens (primary N) is 1. The summed E-state index contributed by atoms with van der Waals surface area (Å²) in [6.07, 6.45) is 0.813. The summed E-state index contributed by atoms with van der Waals surface area (Å²) in [5, 5.41) is 17.3. The third-order valence-corrected chi connectivity index (χ3v) is 3.08. The molecule has 4 nitrogen and oxygen atoms in total. The van der Waals surface area contributed by atoms with Crippen LogP contribution < -0.4 is 5.73 Å². The number of fused-ring (bicyclic) bond motifs is 1. The monoisotopic (exact) mass is 181 g/mol. The van der Waals surface area contributed by atoms with E-state index in [4.69, 9.17) is 5.73 Å². The van der Waals surface area contributed by atoms with Gasteiger partial charge in [0.15, 0.2) is 0 Å². The molecule has 2 rings (SSSR count). The molecule has 1 aromatic heterocycles. The number of aromatic nitrogens is 2. The van der Waals surface area contributed by atoms with E-state index in [1.165, 1.54) is 0 Å². The molecular formula is C9H15N3O. The van der Waals surface area contributed by atoms with E-state index in [2.05, 4.69) is 10.2 Å². The summed E-state index contributed by atoms with van der Waals surface area (Å²) in [6.45, 7) is 4.19. The van der Waals surface area contributed by atoms with Gasteiger partial charge in [0.2, 0.25) is 0 Å². The fourth-order valence-corrected chi connectivity index (χ4v) is 2.21. The summed E-state index contributed by atoms with van der Waals surface area (Å²) in [5.74, 6) is 0.170. The highest BCUT2D eigenvalue weighted by Crippen LogP contribution is 2.41. The van der Waals surface area contributed by atoms with Crippen LogP contribution in [0.2, 0.25) is 0 Å². The van der Waals surface area contributed by atoms with Crippen molar-refractivity contribution in [1.29, 1.82) is 0 Å². The van der Waals surface area contributed by atoms with E-state index in [0.717, 1.165) is 23.4 Å². The summed E-state index contributed by atoms with van der Waals surface area (Å²) < 4.78 is 0. The maximum absolute atomic E-state index is 10.3. The largest absolute Gasteiger partial charge is 0.383 e. The zero-order valence-corrected chi connectivity index (χ0v) is 7.96. The lowest BCUT2D eigenvalue weighted by molar-refractivity contribution is 0.00415. The molecule has 4 heteroatoms. The van der Waals surface area contributed by atoms with Gasteiger partial charge in [-0.15, -0.1) is 0 Å². The summed E-state index contributed by atoms with van der Waals surface area (Å²) in [6, 6.07) is 0. The Morgan fingerprint density at radius 1 is 1.77 bits per heavy atom. The molecule has 2 atom stereocenters. The normalized spacial score (nSPS) is 32.2. The number of hydrogen-bond donors (Lipinski definition) is 3. The van der Waals surface area contributed by atoms with Gasteiger partial charge in [-0.25, -0.2) is 0 Å². The van der Waals surface area contributed by atoms with Crippen molar-refractivity contribution >= 4 is 0 Å². The van der Waals surface area contributed by atoms with Gasteiger partial charge in [-0.2, -0.15) is 5.10 Å². The first kappa shape index (κ1) is 8.72. The van der Waals surface area contributed by atoms with Crippen molar-refractivity contribution in [2.24, 2.45) is 11.7 Å². The fraction of sp³-hybridized carbons (Fsp3) is 0.667. The summed E-state index contributed by atoms with van der Waals surface area (Å²) in [5.41, 5.74) is 7.57. The van der Waals surface area contributed by atoms with E-state index in [1.54, 1.807) is 0 Å². The molecule has 13 heavy (non-hydrogen) atoms. The van der Waals surface area contributed by atoms with Crippen molar-refractivity contribution in [1.82, 2.24) is 10.2 Å². The first-order valence-electron chi connectivity index (χ1n) is 4.56. The van der Waals surface area contributed by atoms with Gasteiger partial charge >= 0.3 is 0 Å². The highest BCUT2D eigenvalue weighted by atomic mass is 16.3. The van der Waals surface area contributed by atoms with Gasteiger partial charge in [0, 0.05) is 17.8 Å². The quantitative estimate of drug-likeness (QED) is 0.573. The van der Waals surface area contributed by atoms with Crippen LogP contribution in [-0.4, -0.2) is 21.8 Å². The van der Waals surface area contributed by atoms with Crippen LogP contribution in [0.4, 0.5) is 0 Å². The zero-order valence-electron chi connectivity index (χ0n) is 7.96. The maximum Gasteiger partial charge on any atom is 0.108 e. The van der Waals surface area contributed by atoms with E-state index in [1.807, 2.05) is 13.8 Å². The minimum Gasteiger partial charge on any atom is -0.383 e. The predicted molar refractivity (Wildman–Crippen MR) is 49.1 cm³/mol. The van der Waals surface area contributed by atoms with Crippen LogP contribution in [0.5, 0.6) is 0 Å². The Balaban J connectivity index is 2.55. The molecule has 72 valence electrons. The number of rotatable bonds is 1. The van der Waals surface area contributed by atoms with E-state index in [9.17, 15) is 5.11 Å². The highest BCUT2D eigenvalue weighted by Gasteiger charge is 2.44. The van der Waals surface area contributed by atoms with Crippen molar-refractivity contribution in [2.45, 2.75) is 25.9 Å². The maximum atomic E-state index is 10.3. The molecule has 0 amide bonds. The minimum atomic E-state index is -0.869. The van der Waals surface area contributed by atoms with Gasteiger partial charge in [0.25, 0.3) is 0 Å². The molecule has 2 unspecified atom stereocenters. The van der Waals surface area contributed by atoms with Crippen LogP contribution in [0.15, 0.2) is 0 Å². The van der Waals surface area contributed by atoms with Crippen LogP contribution in [0, 0.1) is 12.8 Å². The fourth-order valence-electron chi connectivity index (χ4n) is 2.21. The third kappa shape index (κ3) is 0.957. The van der Waals surface area contributed by atoms with Crippen molar-refractivity contribution in [2.75, 3.05) is 6.54 Å². The molecule has 1 aliphatic carbocycles. The van der Waals surface area contributed by atoms with E-state index < -0.39 is 5.60 Å². The molecule has 1 aliphatic rings. The Hall–Kier alpha value is -0.870. The second kappa shape index (κ2) is 2.56. The zero-order chi connectivity index (χ0) is 9.64. The Bertz CT molecular complexity index is 334. The molecule has 0 aliphatic heterocycles. The Morgan fingerprint density at radius 2 is 2.46 bits per heavy atom. The van der Waals surface area contributed by atoms with Crippen molar-refractivity contribution < 1.29 is 5.11 Å². The van der Waals surface area contributed by atoms with Gasteiger partial charge in [-0.05, 0) is 19.3 Å². The predicted octanol–water partition coefficient (Wildman–Crippen LogP) is 0.0566. The molecule has 0 spiro atoms. The molecule has 1 heterocycles. The Morgan fingerprint density at radius 3 is 3.08 bits per heavy atom. The topological polar surface area (TPSA) is 74.9 Å². The first-order valence-corrected chi connectivity index (χ1v) is 4.56. The number of nitrogens with one attached hydrogen (secondary N) is 1. The molecule has 0 fully saturated rings. The average molecular weight is 181 g/mol. The molecule has 1 aromatic rings. The summed E-state index contributed by atoms with van der Waals surface area (Å²) >= 11 is 0. The molecular weight excluding hydrogens is 166 g/mol. The number of aryl methyl sites for hydroxylation is 1. The van der Waals surface area contributed by atoms with Crippen LogP contribution in [0.1, 0.15) is 23.9 Å². The van der Waals surface area contributed by atoms with Gasteiger partial charge in [0.05, 0.1) is 5.69 Å². The second-order valence-electron chi connectivity index (χ2n) is 3.90. The van der Waals surface area contributed by atoms with Crippen LogP contribution in [0.25, 0.3) is 0 Å². The number of aliphatic hydroxyl groups is 1. The Labute approximate surface area is 77.1 Å². The first-order chi connectivity index (χ1) is 6.09. The van der Waals surface area contributed by atoms with E-state index in [0.29, 0.717) is 0 Å². The molecule has 0 saturated carbocycles. The summed E-state index contributed by atoms with van der Waals surface area (Å²) in [7, 11) is 0. The number of H-pyrrole nitrogens is 1. The summed E-state index contributed by atoms with van der Waals surface area (Å²) in [4.78, 5) is 0. The molecule has 0 bridgehead atoms. The van der Waals surface area contributed by atoms with E-state index in [-0.39, 0.29) is 12.5 Å². The number of aromatic amines is 1. The lowest BCUT2D eigenvalue weighted by Crippen LogP contribution is -2.38. The van der Waals surface area contributed by atoms with Gasteiger partial charge < -0.3 is 10.8 Å².